The lowest BCUT2D eigenvalue weighted by molar-refractivity contribution is 0.0924. The van der Waals surface area contributed by atoms with Crippen LogP contribution in [0.1, 0.15) is 35.5 Å². The van der Waals surface area contributed by atoms with Crippen molar-refractivity contribution < 1.29 is 9.21 Å². The third kappa shape index (κ3) is 4.19. The first kappa shape index (κ1) is 12.5. The second-order valence-electron chi connectivity index (χ2n) is 3.27. The van der Waals surface area contributed by atoms with Gasteiger partial charge in [-0.1, -0.05) is 29.0 Å². The number of aromatic nitrogens is 1. The van der Waals surface area contributed by atoms with E-state index in [-0.39, 0.29) is 5.91 Å². The maximum Gasteiger partial charge on any atom is 0.288 e. The topological polar surface area (TPSA) is 55.1 Å². The van der Waals surface area contributed by atoms with Gasteiger partial charge in [0.05, 0.1) is 5.69 Å². The van der Waals surface area contributed by atoms with Crippen LogP contribution in [-0.4, -0.2) is 21.9 Å². The van der Waals surface area contributed by atoms with Crippen LogP contribution in [0.15, 0.2) is 10.8 Å². The summed E-state index contributed by atoms with van der Waals surface area (Å²) in [5.74, 6) is 0.156. The quantitative estimate of drug-likeness (QED) is 0.497. The number of aryl methyl sites for hydroxylation is 1. The minimum atomic E-state index is -0.167. The summed E-state index contributed by atoms with van der Waals surface area (Å²) in [4.78, 5) is 15.4. The third-order valence-electron chi connectivity index (χ3n) is 2.05. The van der Waals surface area contributed by atoms with Gasteiger partial charge < -0.3 is 9.73 Å². The van der Waals surface area contributed by atoms with E-state index in [2.05, 4.69) is 32.9 Å². The summed E-state index contributed by atoms with van der Waals surface area (Å²) >= 11 is 2.35. The van der Waals surface area contributed by atoms with E-state index in [0.29, 0.717) is 18.0 Å². The van der Waals surface area contributed by atoms with Crippen molar-refractivity contribution in [3.63, 3.8) is 0 Å². The van der Waals surface area contributed by atoms with Gasteiger partial charge in [0.25, 0.3) is 5.91 Å². The van der Waals surface area contributed by atoms with Crippen LogP contribution in [0.3, 0.4) is 0 Å². The van der Waals surface area contributed by atoms with E-state index in [4.69, 9.17) is 4.42 Å². The van der Waals surface area contributed by atoms with E-state index in [9.17, 15) is 4.79 Å². The fourth-order valence-electron chi connectivity index (χ4n) is 1.20. The first-order valence-electron chi connectivity index (χ1n) is 5.00. The molecule has 1 amide bonds. The number of nitrogens with one attached hydrogen (secondary N) is 1. The summed E-state index contributed by atoms with van der Waals surface area (Å²) in [6, 6.07) is 0. The van der Waals surface area contributed by atoms with E-state index in [0.717, 1.165) is 12.8 Å². The molecule has 0 radical (unpaired) electrons. The highest BCUT2D eigenvalue weighted by atomic mass is 127. The van der Waals surface area contributed by atoms with Gasteiger partial charge in [-0.3, -0.25) is 4.79 Å². The Bertz CT molecular complexity index is 312. The molecule has 0 unspecified atom stereocenters. The van der Waals surface area contributed by atoms with E-state index < -0.39 is 0 Å². The largest absolute Gasteiger partial charge is 0.438 e. The molecule has 0 fully saturated rings. The molecule has 1 N–H and O–H groups in total. The Hall–Kier alpha value is -0.590. The fourth-order valence-corrected chi connectivity index (χ4v) is 1.74. The van der Waals surface area contributed by atoms with Crippen LogP contribution in [0, 0.1) is 6.92 Å². The smallest absolute Gasteiger partial charge is 0.288 e. The van der Waals surface area contributed by atoms with Crippen LogP contribution in [0.4, 0.5) is 0 Å². The van der Waals surface area contributed by atoms with Gasteiger partial charge in [-0.2, -0.15) is 0 Å². The number of hydrogen-bond donors (Lipinski definition) is 1. The molecule has 1 rings (SSSR count). The van der Waals surface area contributed by atoms with E-state index in [1.807, 2.05) is 0 Å². The Morgan fingerprint density at radius 2 is 2.33 bits per heavy atom. The number of carbonyl (C=O) groups excluding carboxylic acids is 1. The van der Waals surface area contributed by atoms with Gasteiger partial charge in [0.2, 0.25) is 5.76 Å². The Morgan fingerprint density at radius 1 is 1.53 bits per heavy atom. The summed E-state index contributed by atoms with van der Waals surface area (Å²) in [6.45, 7) is 2.46. The molecule has 0 aliphatic heterocycles. The van der Waals surface area contributed by atoms with Gasteiger partial charge in [-0.15, -0.1) is 0 Å². The maximum absolute atomic E-state index is 11.5. The minimum Gasteiger partial charge on any atom is -0.438 e. The lowest BCUT2D eigenvalue weighted by atomic mass is 10.2. The number of halogens is 1. The highest BCUT2D eigenvalue weighted by molar-refractivity contribution is 14.1. The molecular formula is C10H15IN2O2. The van der Waals surface area contributed by atoms with E-state index in [1.165, 1.54) is 17.2 Å². The van der Waals surface area contributed by atoms with Gasteiger partial charge in [-0.25, -0.2) is 4.98 Å². The molecule has 0 aliphatic rings. The van der Waals surface area contributed by atoms with Crippen LogP contribution in [0.5, 0.6) is 0 Å². The second kappa shape index (κ2) is 6.81. The molecule has 0 saturated heterocycles. The predicted molar refractivity (Wildman–Crippen MR) is 66.3 cm³/mol. The van der Waals surface area contributed by atoms with Crippen molar-refractivity contribution in [2.45, 2.75) is 26.2 Å². The van der Waals surface area contributed by atoms with Crippen molar-refractivity contribution in [3.05, 3.63) is 17.8 Å². The summed E-state index contributed by atoms with van der Waals surface area (Å²) in [7, 11) is 0. The van der Waals surface area contributed by atoms with Crippen LogP contribution >= 0.6 is 22.6 Å². The second-order valence-corrected chi connectivity index (χ2v) is 4.35. The van der Waals surface area contributed by atoms with Crippen LogP contribution in [-0.2, 0) is 0 Å². The molecule has 4 nitrogen and oxygen atoms in total. The van der Waals surface area contributed by atoms with Gasteiger partial charge in [0.15, 0.2) is 6.39 Å². The van der Waals surface area contributed by atoms with Crippen molar-refractivity contribution in [1.82, 2.24) is 10.3 Å². The fraction of sp³-hybridized carbons (Fsp3) is 0.600. The van der Waals surface area contributed by atoms with Crippen LogP contribution in [0.25, 0.3) is 0 Å². The number of nitrogens with zero attached hydrogens (tertiary/aromatic N) is 1. The first-order valence-corrected chi connectivity index (χ1v) is 6.52. The van der Waals surface area contributed by atoms with E-state index in [1.54, 1.807) is 6.92 Å². The Balaban J connectivity index is 2.22. The molecule has 1 aromatic heterocycles. The molecule has 0 bridgehead atoms. The predicted octanol–water partition coefficient (Wildman–Crippen LogP) is 2.32. The average Bonchev–Trinajstić information content (AvgIpc) is 2.64. The molecule has 0 aliphatic carbocycles. The van der Waals surface area contributed by atoms with Gasteiger partial charge >= 0.3 is 0 Å². The van der Waals surface area contributed by atoms with Crippen molar-refractivity contribution in [2.75, 3.05) is 11.0 Å². The molecule has 1 aromatic rings. The Labute approximate surface area is 103 Å². The van der Waals surface area contributed by atoms with Crippen molar-refractivity contribution in [2.24, 2.45) is 0 Å². The van der Waals surface area contributed by atoms with Crippen molar-refractivity contribution >= 4 is 28.5 Å². The molecule has 15 heavy (non-hydrogen) atoms. The molecule has 0 aromatic carbocycles. The zero-order valence-corrected chi connectivity index (χ0v) is 10.9. The summed E-state index contributed by atoms with van der Waals surface area (Å²) in [5.41, 5.74) is 0.639. The van der Waals surface area contributed by atoms with Crippen LogP contribution in [0.2, 0.25) is 0 Å². The molecule has 5 heteroatoms. The normalized spacial score (nSPS) is 10.3. The molecule has 0 atom stereocenters. The number of carbonyl (C=O) groups is 1. The highest BCUT2D eigenvalue weighted by Gasteiger charge is 2.12. The SMILES string of the molecule is Cc1ncoc1C(=O)NCCCCCI. The summed E-state index contributed by atoms with van der Waals surface area (Å²) in [6.07, 6.45) is 4.67. The monoisotopic (exact) mass is 322 g/mol. The Morgan fingerprint density at radius 3 is 2.93 bits per heavy atom. The van der Waals surface area contributed by atoms with E-state index >= 15 is 0 Å². The molecule has 0 saturated carbocycles. The third-order valence-corrected chi connectivity index (χ3v) is 2.81. The standard InChI is InChI=1S/C10H15IN2O2/c1-8-9(15-7-13-8)10(14)12-6-4-2-3-5-11/h7H,2-6H2,1H3,(H,12,14). The van der Waals surface area contributed by atoms with Crippen molar-refractivity contribution in [1.29, 1.82) is 0 Å². The van der Waals surface area contributed by atoms with Crippen molar-refractivity contribution in [3.8, 4) is 0 Å². The first-order chi connectivity index (χ1) is 7.25. The molecular weight excluding hydrogens is 307 g/mol. The molecule has 0 spiro atoms. The lowest BCUT2D eigenvalue weighted by Crippen LogP contribution is -2.24. The van der Waals surface area contributed by atoms with Crippen LogP contribution < -0.4 is 5.32 Å². The summed E-state index contributed by atoms with van der Waals surface area (Å²) in [5, 5.41) is 2.81. The number of oxazole rings is 1. The minimum absolute atomic E-state index is 0.167. The van der Waals surface area contributed by atoms with Gasteiger partial charge in [0, 0.05) is 6.54 Å². The number of amides is 1. The average molecular weight is 322 g/mol. The molecule has 1 heterocycles. The summed E-state index contributed by atoms with van der Waals surface area (Å²) < 4.78 is 6.15. The Kier molecular flexibility index (Phi) is 5.67. The van der Waals surface area contributed by atoms with Gasteiger partial charge in [0.1, 0.15) is 0 Å². The number of hydrogen-bond acceptors (Lipinski definition) is 3. The molecule has 84 valence electrons. The highest BCUT2D eigenvalue weighted by Crippen LogP contribution is 2.04. The van der Waals surface area contributed by atoms with Gasteiger partial charge in [-0.05, 0) is 24.2 Å². The zero-order valence-electron chi connectivity index (χ0n) is 8.75. The maximum atomic E-state index is 11.5. The number of rotatable bonds is 6. The number of alkyl halides is 1. The number of unbranched alkanes of at least 4 members (excludes halogenated alkanes) is 2. The zero-order chi connectivity index (χ0) is 11.1. The lowest BCUT2D eigenvalue weighted by Gasteiger charge is -2.02.